The summed E-state index contributed by atoms with van der Waals surface area (Å²) in [5.41, 5.74) is 6.89. The maximum Gasteiger partial charge on any atom is 0.213 e. The monoisotopic (exact) mass is 306 g/mol. The first-order valence-corrected chi connectivity index (χ1v) is 9.33. The van der Waals surface area contributed by atoms with E-state index in [2.05, 4.69) is 4.72 Å². The number of nitrogens with one attached hydrogen (secondary N) is 1. The van der Waals surface area contributed by atoms with Crippen molar-refractivity contribution < 1.29 is 16.8 Å². The van der Waals surface area contributed by atoms with Gasteiger partial charge in [0.1, 0.15) is 9.84 Å². The SMILES string of the molecule is CC(NS(=O)(=O)CCS(C)(=O)=O)c1cccc(N)c1. The third kappa shape index (κ3) is 6.04. The van der Waals surface area contributed by atoms with Crippen LogP contribution >= 0.6 is 0 Å². The van der Waals surface area contributed by atoms with Crippen molar-refractivity contribution in [3.05, 3.63) is 29.8 Å². The van der Waals surface area contributed by atoms with E-state index in [1.807, 2.05) is 0 Å². The predicted molar refractivity (Wildman–Crippen MR) is 75.9 cm³/mol. The molecular formula is C11H18N2O4S2. The van der Waals surface area contributed by atoms with Crippen LogP contribution < -0.4 is 10.5 Å². The second-order valence-corrected chi connectivity index (χ2v) is 8.59. The summed E-state index contributed by atoms with van der Waals surface area (Å²) in [7, 11) is -6.95. The molecule has 0 spiro atoms. The summed E-state index contributed by atoms with van der Waals surface area (Å²) in [5.74, 6) is -0.843. The molecule has 0 fully saturated rings. The van der Waals surface area contributed by atoms with Gasteiger partial charge in [0.05, 0.1) is 11.5 Å². The van der Waals surface area contributed by atoms with Gasteiger partial charge in [0, 0.05) is 18.0 Å². The molecule has 3 N–H and O–H groups in total. The Morgan fingerprint density at radius 3 is 2.37 bits per heavy atom. The minimum atomic E-state index is -3.64. The molecule has 0 aliphatic carbocycles. The highest BCUT2D eigenvalue weighted by Gasteiger charge is 2.18. The summed E-state index contributed by atoms with van der Waals surface area (Å²) < 4.78 is 47.8. The fourth-order valence-corrected chi connectivity index (χ4v) is 4.37. The average molecular weight is 306 g/mol. The van der Waals surface area contributed by atoms with Crippen LogP contribution in [0.4, 0.5) is 5.69 Å². The van der Waals surface area contributed by atoms with E-state index in [0.29, 0.717) is 5.69 Å². The molecule has 1 aromatic rings. The van der Waals surface area contributed by atoms with Crippen molar-refractivity contribution in [3.63, 3.8) is 0 Å². The van der Waals surface area contributed by atoms with Crippen LogP contribution in [0.5, 0.6) is 0 Å². The first-order valence-electron chi connectivity index (χ1n) is 5.62. The van der Waals surface area contributed by atoms with Crippen molar-refractivity contribution in [2.24, 2.45) is 0 Å². The van der Waals surface area contributed by atoms with E-state index in [9.17, 15) is 16.8 Å². The third-order valence-corrected chi connectivity index (χ3v) is 5.15. The number of hydrogen-bond donors (Lipinski definition) is 2. The summed E-state index contributed by atoms with van der Waals surface area (Å²) >= 11 is 0. The molecule has 1 aromatic carbocycles. The Morgan fingerprint density at radius 2 is 1.84 bits per heavy atom. The lowest BCUT2D eigenvalue weighted by atomic mass is 10.1. The van der Waals surface area contributed by atoms with Crippen molar-refractivity contribution in [2.75, 3.05) is 23.5 Å². The number of nitrogens with two attached hydrogens (primary N) is 1. The molecule has 8 heteroatoms. The molecule has 0 aliphatic rings. The summed E-state index contributed by atoms with van der Waals surface area (Å²) in [6.45, 7) is 1.67. The van der Waals surface area contributed by atoms with Gasteiger partial charge in [-0.1, -0.05) is 12.1 Å². The van der Waals surface area contributed by atoms with Crippen molar-refractivity contribution in [1.82, 2.24) is 4.72 Å². The zero-order valence-corrected chi connectivity index (χ0v) is 12.5. The Hall–Kier alpha value is -1.12. The largest absolute Gasteiger partial charge is 0.399 e. The quantitative estimate of drug-likeness (QED) is 0.735. The van der Waals surface area contributed by atoms with Gasteiger partial charge in [0.25, 0.3) is 0 Å². The van der Waals surface area contributed by atoms with E-state index >= 15 is 0 Å². The number of nitrogen functional groups attached to an aromatic ring is 1. The Labute approximate surface area is 114 Å². The fourth-order valence-electron chi connectivity index (χ4n) is 1.49. The Balaban J connectivity index is 2.73. The van der Waals surface area contributed by atoms with Gasteiger partial charge in [0.15, 0.2) is 0 Å². The van der Waals surface area contributed by atoms with Gasteiger partial charge in [-0.2, -0.15) is 0 Å². The summed E-state index contributed by atoms with van der Waals surface area (Å²) in [5, 5.41) is 0. The van der Waals surface area contributed by atoms with Gasteiger partial charge >= 0.3 is 0 Å². The first kappa shape index (κ1) is 15.9. The van der Waals surface area contributed by atoms with Gasteiger partial charge in [-0.05, 0) is 24.6 Å². The molecule has 0 aliphatic heterocycles. The second-order valence-electron chi connectivity index (χ2n) is 4.46. The lowest BCUT2D eigenvalue weighted by Gasteiger charge is -2.14. The van der Waals surface area contributed by atoms with Gasteiger partial charge < -0.3 is 5.73 Å². The summed E-state index contributed by atoms with van der Waals surface area (Å²) in [4.78, 5) is 0. The predicted octanol–water partition coefficient (Wildman–Crippen LogP) is 0.294. The summed E-state index contributed by atoms with van der Waals surface area (Å²) in [6.07, 6.45) is 1.00. The fraction of sp³-hybridized carbons (Fsp3) is 0.455. The van der Waals surface area contributed by atoms with Crippen molar-refractivity contribution in [3.8, 4) is 0 Å². The van der Waals surface area contributed by atoms with Crippen LogP contribution in [0.2, 0.25) is 0 Å². The van der Waals surface area contributed by atoms with E-state index in [0.717, 1.165) is 11.8 Å². The Kier molecular flexibility index (Phi) is 4.94. The first-order chi connectivity index (χ1) is 8.59. The number of sulfonamides is 1. The van der Waals surface area contributed by atoms with E-state index in [1.54, 1.807) is 31.2 Å². The van der Waals surface area contributed by atoms with Crippen LogP contribution in [-0.4, -0.2) is 34.6 Å². The molecule has 19 heavy (non-hydrogen) atoms. The number of anilines is 1. The van der Waals surface area contributed by atoms with E-state index < -0.39 is 37.4 Å². The minimum Gasteiger partial charge on any atom is -0.399 e. The van der Waals surface area contributed by atoms with Crippen molar-refractivity contribution >= 4 is 25.5 Å². The molecule has 1 atom stereocenters. The molecule has 108 valence electrons. The molecule has 0 saturated heterocycles. The molecule has 0 radical (unpaired) electrons. The van der Waals surface area contributed by atoms with Crippen molar-refractivity contribution in [1.29, 1.82) is 0 Å². The van der Waals surface area contributed by atoms with Gasteiger partial charge in [-0.25, -0.2) is 21.6 Å². The highest BCUT2D eigenvalue weighted by atomic mass is 32.2. The molecular weight excluding hydrogens is 288 g/mol. The molecule has 1 rings (SSSR count). The van der Waals surface area contributed by atoms with E-state index in [4.69, 9.17) is 5.73 Å². The molecule has 0 saturated carbocycles. The maximum atomic E-state index is 11.7. The molecule has 0 heterocycles. The number of benzene rings is 1. The van der Waals surface area contributed by atoms with Crippen LogP contribution in [0.1, 0.15) is 18.5 Å². The Morgan fingerprint density at radius 1 is 1.21 bits per heavy atom. The smallest absolute Gasteiger partial charge is 0.213 e. The topological polar surface area (TPSA) is 106 Å². The van der Waals surface area contributed by atoms with Crippen LogP contribution in [0, 0.1) is 0 Å². The standard InChI is InChI=1S/C11H18N2O4S2/c1-9(10-4-3-5-11(12)8-10)13-19(16,17)7-6-18(2,14)15/h3-5,8-9,13H,6-7,12H2,1-2H3. The third-order valence-electron chi connectivity index (χ3n) is 2.49. The van der Waals surface area contributed by atoms with Gasteiger partial charge in [-0.15, -0.1) is 0 Å². The highest BCUT2D eigenvalue weighted by molar-refractivity contribution is 7.93. The lowest BCUT2D eigenvalue weighted by Crippen LogP contribution is -2.31. The average Bonchev–Trinajstić information content (AvgIpc) is 2.25. The highest BCUT2D eigenvalue weighted by Crippen LogP contribution is 2.16. The van der Waals surface area contributed by atoms with Crippen LogP contribution in [-0.2, 0) is 19.9 Å². The van der Waals surface area contributed by atoms with Crippen molar-refractivity contribution in [2.45, 2.75) is 13.0 Å². The second kappa shape index (κ2) is 5.89. The lowest BCUT2D eigenvalue weighted by molar-refractivity contribution is 0.566. The van der Waals surface area contributed by atoms with Crippen LogP contribution in [0.25, 0.3) is 0 Å². The molecule has 1 unspecified atom stereocenters. The molecule has 6 nitrogen and oxygen atoms in total. The molecule has 0 bridgehead atoms. The normalized spacial score (nSPS) is 14.2. The van der Waals surface area contributed by atoms with E-state index in [1.165, 1.54) is 0 Å². The molecule has 0 aromatic heterocycles. The van der Waals surface area contributed by atoms with Crippen LogP contribution in [0.15, 0.2) is 24.3 Å². The number of rotatable bonds is 6. The number of hydrogen-bond acceptors (Lipinski definition) is 5. The van der Waals surface area contributed by atoms with E-state index in [-0.39, 0.29) is 0 Å². The van der Waals surface area contributed by atoms with Crippen LogP contribution in [0.3, 0.4) is 0 Å². The number of sulfone groups is 1. The summed E-state index contributed by atoms with van der Waals surface area (Å²) in [6, 6.07) is 6.39. The molecule has 0 amide bonds. The maximum absolute atomic E-state index is 11.7. The van der Waals surface area contributed by atoms with Gasteiger partial charge in [-0.3, -0.25) is 0 Å². The zero-order chi connectivity index (χ0) is 14.7. The van der Waals surface area contributed by atoms with Gasteiger partial charge in [0.2, 0.25) is 10.0 Å². The zero-order valence-electron chi connectivity index (χ0n) is 10.8. The minimum absolute atomic E-state index is 0.397. The Bertz CT molecular complexity index is 638.